The third-order valence-electron chi connectivity index (χ3n) is 3.89. The van der Waals surface area contributed by atoms with Crippen LogP contribution in [0, 0.1) is 0 Å². The van der Waals surface area contributed by atoms with Crippen molar-refractivity contribution in [2.45, 2.75) is 0 Å². The van der Waals surface area contributed by atoms with Crippen molar-refractivity contribution in [3.8, 4) is 0 Å². The van der Waals surface area contributed by atoms with E-state index in [1.165, 1.54) is 0 Å². The molecule has 1 amide bonds. The highest BCUT2D eigenvalue weighted by Crippen LogP contribution is 2.22. The van der Waals surface area contributed by atoms with Gasteiger partial charge in [-0.2, -0.15) is 0 Å². The van der Waals surface area contributed by atoms with Gasteiger partial charge in [-0.3, -0.25) is 14.6 Å². The first-order valence-corrected chi connectivity index (χ1v) is 7.49. The Labute approximate surface area is 137 Å². The Kier molecular flexibility index (Phi) is 3.31. The number of benzene rings is 2. The number of amides is 1. The lowest BCUT2D eigenvalue weighted by molar-refractivity contribution is 0.102. The Morgan fingerprint density at radius 1 is 0.958 bits per heavy atom. The molecule has 0 aliphatic rings. The first kappa shape index (κ1) is 14.1. The monoisotopic (exact) mass is 315 g/mol. The maximum atomic E-state index is 12.6. The summed E-state index contributed by atoms with van der Waals surface area (Å²) in [4.78, 5) is 31.6. The molecule has 0 bridgehead atoms. The van der Waals surface area contributed by atoms with Gasteiger partial charge in [-0.1, -0.05) is 24.3 Å². The van der Waals surface area contributed by atoms with Crippen molar-refractivity contribution in [3.05, 3.63) is 82.9 Å². The fraction of sp³-hybridized carbons (Fsp3) is 0. The zero-order valence-electron chi connectivity index (χ0n) is 12.6. The van der Waals surface area contributed by atoms with Crippen LogP contribution in [0.5, 0.6) is 0 Å². The average Bonchev–Trinajstić information content (AvgIpc) is 2.62. The van der Waals surface area contributed by atoms with Gasteiger partial charge in [-0.25, -0.2) is 0 Å². The van der Waals surface area contributed by atoms with Crippen molar-refractivity contribution in [1.82, 2.24) is 9.97 Å². The number of carbonyl (C=O) groups excluding carboxylic acids is 1. The molecule has 5 nitrogen and oxygen atoms in total. The number of fused-ring (bicyclic) bond motifs is 2. The van der Waals surface area contributed by atoms with Crippen LogP contribution in [0.25, 0.3) is 21.7 Å². The van der Waals surface area contributed by atoms with Gasteiger partial charge in [-0.05, 0) is 41.8 Å². The van der Waals surface area contributed by atoms with Crippen LogP contribution < -0.4 is 10.9 Å². The van der Waals surface area contributed by atoms with E-state index in [1.807, 2.05) is 36.4 Å². The Balaban J connectivity index is 1.75. The lowest BCUT2D eigenvalue weighted by Crippen LogP contribution is -2.19. The van der Waals surface area contributed by atoms with Crippen LogP contribution in [0.2, 0.25) is 0 Å². The first-order chi connectivity index (χ1) is 11.7. The van der Waals surface area contributed by atoms with E-state index in [9.17, 15) is 9.59 Å². The molecule has 24 heavy (non-hydrogen) atoms. The van der Waals surface area contributed by atoms with Gasteiger partial charge in [0.25, 0.3) is 11.5 Å². The molecule has 2 N–H and O–H groups in total. The number of nitrogens with zero attached hydrogens (tertiary/aromatic N) is 1. The van der Waals surface area contributed by atoms with Gasteiger partial charge >= 0.3 is 0 Å². The van der Waals surface area contributed by atoms with Gasteiger partial charge in [0, 0.05) is 17.0 Å². The van der Waals surface area contributed by atoms with Crippen molar-refractivity contribution in [2.24, 2.45) is 0 Å². The number of rotatable bonds is 2. The number of nitrogens with one attached hydrogen (secondary N) is 2. The fourth-order valence-corrected chi connectivity index (χ4v) is 2.74. The normalized spacial score (nSPS) is 10.8. The molecule has 0 atom stereocenters. The van der Waals surface area contributed by atoms with Crippen LogP contribution in [0.3, 0.4) is 0 Å². The second-order valence-electron chi connectivity index (χ2n) is 5.43. The van der Waals surface area contributed by atoms with Gasteiger partial charge in [0.05, 0.1) is 11.2 Å². The Morgan fingerprint density at radius 2 is 1.79 bits per heavy atom. The molecular weight excluding hydrogens is 302 g/mol. The molecular formula is C19H13N3O2. The highest BCUT2D eigenvalue weighted by atomic mass is 16.2. The van der Waals surface area contributed by atoms with Gasteiger partial charge in [0.2, 0.25) is 0 Å². The standard InChI is InChI=1S/C19H13N3O2/c23-18-13-6-2-1-5-12(13)11-17(22-18)19(24)21-16-9-3-8-15-14(16)7-4-10-20-15/h1-11H,(H,21,24)(H,22,23). The highest BCUT2D eigenvalue weighted by molar-refractivity contribution is 6.08. The van der Waals surface area contributed by atoms with Gasteiger partial charge in [-0.15, -0.1) is 0 Å². The molecule has 5 heteroatoms. The van der Waals surface area contributed by atoms with E-state index >= 15 is 0 Å². The fourth-order valence-electron chi connectivity index (χ4n) is 2.74. The number of hydrogen-bond acceptors (Lipinski definition) is 3. The smallest absolute Gasteiger partial charge is 0.272 e. The van der Waals surface area contributed by atoms with E-state index in [1.54, 1.807) is 30.5 Å². The summed E-state index contributed by atoms with van der Waals surface area (Å²) in [5, 5.41) is 4.97. The first-order valence-electron chi connectivity index (χ1n) is 7.49. The minimum absolute atomic E-state index is 0.222. The Morgan fingerprint density at radius 3 is 2.71 bits per heavy atom. The number of carbonyl (C=O) groups is 1. The summed E-state index contributed by atoms with van der Waals surface area (Å²) in [7, 11) is 0. The van der Waals surface area contributed by atoms with Crippen molar-refractivity contribution >= 4 is 33.3 Å². The Hall–Kier alpha value is -3.47. The topological polar surface area (TPSA) is 74.8 Å². The minimum atomic E-state index is -0.366. The van der Waals surface area contributed by atoms with Gasteiger partial charge in [0.15, 0.2) is 0 Å². The van der Waals surface area contributed by atoms with E-state index < -0.39 is 0 Å². The molecule has 0 saturated heterocycles. The van der Waals surface area contributed by atoms with Crippen LogP contribution in [-0.2, 0) is 0 Å². The number of aromatic nitrogens is 2. The lowest BCUT2D eigenvalue weighted by atomic mass is 10.1. The summed E-state index contributed by atoms with van der Waals surface area (Å²) < 4.78 is 0. The van der Waals surface area contributed by atoms with Crippen LogP contribution in [0.15, 0.2) is 71.7 Å². The number of aromatic amines is 1. The van der Waals surface area contributed by atoms with Crippen molar-refractivity contribution < 1.29 is 4.79 Å². The van der Waals surface area contributed by atoms with E-state index in [4.69, 9.17) is 0 Å². The van der Waals surface area contributed by atoms with Crippen LogP contribution in [0.1, 0.15) is 10.5 Å². The molecule has 0 aliphatic heterocycles. The Bertz CT molecular complexity index is 1130. The van der Waals surface area contributed by atoms with E-state index in [0.29, 0.717) is 11.1 Å². The van der Waals surface area contributed by atoms with Gasteiger partial charge in [0.1, 0.15) is 5.69 Å². The summed E-state index contributed by atoms with van der Waals surface area (Å²) in [5.41, 5.74) is 1.39. The lowest BCUT2D eigenvalue weighted by Gasteiger charge is -2.09. The van der Waals surface area contributed by atoms with Crippen LogP contribution in [-0.4, -0.2) is 15.9 Å². The summed E-state index contributed by atoms with van der Waals surface area (Å²) in [5.74, 6) is -0.366. The average molecular weight is 315 g/mol. The number of pyridine rings is 2. The van der Waals surface area contributed by atoms with Crippen molar-refractivity contribution in [1.29, 1.82) is 0 Å². The van der Waals surface area contributed by atoms with Crippen molar-refractivity contribution in [3.63, 3.8) is 0 Å². The molecule has 0 unspecified atom stereocenters. The summed E-state index contributed by atoms with van der Waals surface area (Å²) in [6.45, 7) is 0. The molecule has 4 aromatic rings. The predicted octanol–water partition coefficient (Wildman–Crippen LogP) is 3.33. The van der Waals surface area contributed by atoms with E-state index in [-0.39, 0.29) is 17.2 Å². The molecule has 2 aromatic carbocycles. The zero-order chi connectivity index (χ0) is 16.5. The summed E-state index contributed by atoms with van der Waals surface area (Å²) in [6.07, 6.45) is 1.70. The zero-order valence-corrected chi connectivity index (χ0v) is 12.6. The largest absolute Gasteiger partial charge is 0.320 e. The molecule has 0 spiro atoms. The van der Waals surface area contributed by atoms with Crippen LogP contribution in [0.4, 0.5) is 5.69 Å². The SMILES string of the molecule is O=C(Nc1cccc2ncccc12)c1cc2ccccc2c(=O)[nH]1. The molecule has 2 heterocycles. The predicted molar refractivity (Wildman–Crippen MR) is 94.3 cm³/mol. The number of anilines is 1. The maximum absolute atomic E-state index is 12.6. The molecule has 0 radical (unpaired) electrons. The van der Waals surface area contributed by atoms with Gasteiger partial charge < -0.3 is 10.3 Å². The third-order valence-corrected chi connectivity index (χ3v) is 3.89. The van der Waals surface area contributed by atoms with E-state index in [2.05, 4.69) is 15.3 Å². The maximum Gasteiger partial charge on any atom is 0.272 e. The number of H-pyrrole nitrogens is 1. The second-order valence-corrected chi connectivity index (χ2v) is 5.43. The molecule has 0 fully saturated rings. The molecule has 4 rings (SSSR count). The second kappa shape index (κ2) is 5.62. The minimum Gasteiger partial charge on any atom is -0.320 e. The quantitative estimate of drug-likeness (QED) is 0.596. The number of hydrogen-bond donors (Lipinski definition) is 2. The molecule has 2 aromatic heterocycles. The highest BCUT2D eigenvalue weighted by Gasteiger charge is 2.11. The molecule has 0 saturated carbocycles. The van der Waals surface area contributed by atoms with E-state index in [0.717, 1.165) is 16.3 Å². The molecule has 0 aliphatic carbocycles. The van der Waals surface area contributed by atoms with Crippen LogP contribution >= 0.6 is 0 Å². The summed E-state index contributed by atoms with van der Waals surface area (Å²) >= 11 is 0. The van der Waals surface area contributed by atoms with Crippen molar-refractivity contribution in [2.75, 3.05) is 5.32 Å². The molecule has 116 valence electrons. The summed E-state index contributed by atoms with van der Waals surface area (Å²) in [6, 6.07) is 18.1. The third kappa shape index (κ3) is 2.42.